The number of nitrogens with one attached hydrogen (secondary N) is 1. The van der Waals surface area contributed by atoms with Crippen LogP contribution in [0.25, 0.3) is 0 Å². The Kier molecular flexibility index (Phi) is 7.34. The molecule has 0 bridgehead atoms. The number of halogens is 1. The van der Waals surface area contributed by atoms with Crippen LogP contribution in [0.5, 0.6) is 0 Å². The van der Waals surface area contributed by atoms with E-state index in [9.17, 15) is 0 Å². The van der Waals surface area contributed by atoms with Gasteiger partial charge in [0.2, 0.25) is 0 Å². The molecule has 2 aliphatic rings. The summed E-state index contributed by atoms with van der Waals surface area (Å²) in [6.07, 6.45) is 5.47. The molecule has 1 aromatic heterocycles. The minimum absolute atomic E-state index is 0. The summed E-state index contributed by atoms with van der Waals surface area (Å²) in [5, 5.41) is 7.69. The van der Waals surface area contributed by atoms with Gasteiger partial charge in [-0.1, -0.05) is 41.9 Å². The number of nitrogens with zero attached hydrogens (tertiary/aromatic N) is 4. The molecule has 2 heterocycles. The maximum Gasteiger partial charge on any atom is 0.193 e. The molecule has 4 rings (SSSR count). The smallest absolute Gasteiger partial charge is 0.193 e. The van der Waals surface area contributed by atoms with Gasteiger partial charge in [0.25, 0.3) is 0 Å². The molecule has 6 nitrogen and oxygen atoms in total. The van der Waals surface area contributed by atoms with E-state index >= 15 is 0 Å². The van der Waals surface area contributed by atoms with Gasteiger partial charge in [-0.15, -0.1) is 24.0 Å². The lowest BCUT2D eigenvalue weighted by atomic mass is 9.64. The average Bonchev–Trinajstić information content (AvgIpc) is 3.19. The number of aliphatic imine (C=N–C) groups is 1. The van der Waals surface area contributed by atoms with Crippen LogP contribution in [0.2, 0.25) is 0 Å². The van der Waals surface area contributed by atoms with Crippen molar-refractivity contribution in [2.24, 2.45) is 4.99 Å². The third kappa shape index (κ3) is 4.68. The number of piperazine rings is 1. The second-order valence-corrected chi connectivity index (χ2v) is 7.65. The van der Waals surface area contributed by atoms with Crippen molar-refractivity contribution in [3.8, 4) is 0 Å². The van der Waals surface area contributed by atoms with Gasteiger partial charge >= 0.3 is 0 Å². The van der Waals surface area contributed by atoms with Crippen LogP contribution in [-0.4, -0.2) is 60.7 Å². The summed E-state index contributed by atoms with van der Waals surface area (Å²) >= 11 is 0. The van der Waals surface area contributed by atoms with E-state index in [2.05, 4.69) is 55.6 Å². The second kappa shape index (κ2) is 9.73. The summed E-state index contributed by atoms with van der Waals surface area (Å²) in [5.74, 6) is 1.03. The first kappa shape index (κ1) is 21.1. The number of rotatable bonds is 5. The van der Waals surface area contributed by atoms with Gasteiger partial charge < -0.3 is 14.7 Å². The van der Waals surface area contributed by atoms with Gasteiger partial charge in [-0.25, -0.2) is 0 Å². The summed E-state index contributed by atoms with van der Waals surface area (Å²) < 4.78 is 4.93. The molecule has 1 saturated heterocycles. The van der Waals surface area contributed by atoms with Gasteiger partial charge in [-0.2, -0.15) is 0 Å². The van der Waals surface area contributed by atoms with E-state index in [0.29, 0.717) is 0 Å². The van der Waals surface area contributed by atoms with Gasteiger partial charge in [0.15, 0.2) is 5.96 Å². The minimum Gasteiger partial charge on any atom is -0.364 e. The Labute approximate surface area is 184 Å². The fourth-order valence-electron chi connectivity index (χ4n) is 4.21. The minimum atomic E-state index is 0. The Hall–Kier alpha value is -1.61. The zero-order valence-electron chi connectivity index (χ0n) is 16.5. The lowest BCUT2D eigenvalue weighted by Crippen LogP contribution is -2.55. The Balaban J connectivity index is 0.00000225. The van der Waals surface area contributed by atoms with Crippen LogP contribution in [0, 0.1) is 0 Å². The highest BCUT2D eigenvalue weighted by Gasteiger charge is 2.38. The van der Waals surface area contributed by atoms with E-state index in [4.69, 9.17) is 4.52 Å². The average molecular weight is 495 g/mol. The predicted octanol–water partition coefficient (Wildman–Crippen LogP) is 3.11. The molecule has 2 fully saturated rings. The lowest BCUT2D eigenvalue weighted by Gasteiger charge is -2.44. The van der Waals surface area contributed by atoms with Crippen molar-refractivity contribution in [1.82, 2.24) is 20.3 Å². The van der Waals surface area contributed by atoms with Crippen LogP contribution in [0.4, 0.5) is 0 Å². The van der Waals surface area contributed by atoms with Crippen LogP contribution >= 0.6 is 24.0 Å². The molecular weight excluding hydrogens is 465 g/mol. The lowest BCUT2D eigenvalue weighted by molar-refractivity contribution is 0.167. The van der Waals surface area contributed by atoms with Crippen molar-refractivity contribution in [2.45, 2.75) is 31.2 Å². The van der Waals surface area contributed by atoms with Gasteiger partial charge in [0.05, 0.1) is 5.69 Å². The first-order chi connectivity index (χ1) is 13.3. The molecule has 0 atom stereocenters. The third-order valence-electron chi connectivity index (χ3n) is 6.04. The van der Waals surface area contributed by atoms with Gasteiger partial charge in [-0.05, 0) is 18.4 Å². The number of hydrogen-bond donors (Lipinski definition) is 1. The van der Waals surface area contributed by atoms with Crippen LogP contribution in [-0.2, 0) is 12.0 Å². The quantitative estimate of drug-likeness (QED) is 0.393. The van der Waals surface area contributed by atoms with Crippen molar-refractivity contribution >= 4 is 29.9 Å². The molecule has 1 aromatic carbocycles. The van der Waals surface area contributed by atoms with Gasteiger partial charge in [0, 0.05) is 57.8 Å². The molecule has 0 unspecified atom stereocenters. The molecule has 1 N–H and O–H groups in total. The Morgan fingerprint density at radius 2 is 1.89 bits per heavy atom. The summed E-state index contributed by atoms with van der Waals surface area (Å²) in [4.78, 5) is 9.34. The first-order valence-electron chi connectivity index (χ1n) is 9.92. The van der Waals surface area contributed by atoms with E-state index < -0.39 is 0 Å². The van der Waals surface area contributed by atoms with Crippen LogP contribution in [0.3, 0.4) is 0 Å². The van der Waals surface area contributed by atoms with Crippen LogP contribution < -0.4 is 5.32 Å². The van der Waals surface area contributed by atoms with E-state index in [1.165, 1.54) is 24.8 Å². The maximum atomic E-state index is 4.93. The number of hydrogen-bond acceptors (Lipinski definition) is 4. The van der Waals surface area contributed by atoms with E-state index in [0.717, 1.165) is 50.9 Å². The second-order valence-electron chi connectivity index (χ2n) is 7.65. The molecule has 0 radical (unpaired) electrons. The Morgan fingerprint density at radius 3 is 2.46 bits per heavy atom. The van der Waals surface area contributed by atoms with Crippen molar-refractivity contribution < 1.29 is 4.52 Å². The standard InChI is InChI=1S/C21H29N5O.HI/c1-22-20(23-17-21(9-5-10-21)18-6-3-2-4-7-18)26-13-11-25(12-14-26)16-19-8-15-27-24-19;/h2-4,6-8,15H,5,9-14,16-17H2,1H3,(H,22,23);1H. The largest absolute Gasteiger partial charge is 0.364 e. The Bertz CT molecular complexity index is 737. The van der Waals surface area contributed by atoms with Crippen LogP contribution in [0.1, 0.15) is 30.5 Å². The molecule has 2 aromatic rings. The highest BCUT2D eigenvalue weighted by atomic mass is 127. The monoisotopic (exact) mass is 495 g/mol. The maximum absolute atomic E-state index is 4.93. The van der Waals surface area contributed by atoms with Crippen molar-refractivity contribution in [3.63, 3.8) is 0 Å². The van der Waals surface area contributed by atoms with Gasteiger partial charge in [-0.3, -0.25) is 9.89 Å². The molecular formula is C21H30IN5O. The normalized spacial score (nSPS) is 19.6. The molecule has 1 saturated carbocycles. The summed E-state index contributed by atoms with van der Waals surface area (Å²) in [6, 6.07) is 12.9. The van der Waals surface area contributed by atoms with Crippen LogP contribution in [0.15, 0.2) is 52.2 Å². The summed E-state index contributed by atoms with van der Waals surface area (Å²) in [5.41, 5.74) is 2.73. The topological polar surface area (TPSA) is 56.9 Å². The molecule has 28 heavy (non-hydrogen) atoms. The molecule has 1 aliphatic heterocycles. The summed E-state index contributed by atoms with van der Waals surface area (Å²) in [6.45, 7) is 5.80. The van der Waals surface area contributed by atoms with Crippen molar-refractivity contribution in [2.75, 3.05) is 39.8 Å². The molecule has 0 spiro atoms. The van der Waals surface area contributed by atoms with Gasteiger partial charge in [0.1, 0.15) is 6.26 Å². The molecule has 152 valence electrons. The van der Waals surface area contributed by atoms with E-state index in [1.54, 1.807) is 6.26 Å². The third-order valence-corrected chi connectivity index (χ3v) is 6.04. The van der Waals surface area contributed by atoms with Crippen molar-refractivity contribution in [1.29, 1.82) is 0 Å². The Morgan fingerprint density at radius 1 is 1.14 bits per heavy atom. The zero-order valence-corrected chi connectivity index (χ0v) is 18.8. The molecule has 0 amide bonds. The fourth-order valence-corrected chi connectivity index (χ4v) is 4.21. The highest BCUT2D eigenvalue weighted by molar-refractivity contribution is 14.0. The molecule has 7 heteroatoms. The number of aromatic nitrogens is 1. The fraction of sp³-hybridized carbons (Fsp3) is 0.524. The molecule has 1 aliphatic carbocycles. The highest BCUT2D eigenvalue weighted by Crippen LogP contribution is 2.43. The zero-order chi connectivity index (χ0) is 18.5. The summed E-state index contributed by atoms with van der Waals surface area (Å²) in [7, 11) is 1.89. The van der Waals surface area contributed by atoms with E-state index in [-0.39, 0.29) is 29.4 Å². The van der Waals surface area contributed by atoms with Crippen molar-refractivity contribution in [3.05, 3.63) is 53.9 Å². The van der Waals surface area contributed by atoms with E-state index in [1.807, 2.05) is 13.1 Å². The SMILES string of the molecule is CN=C(NCC1(c2ccccc2)CCC1)N1CCN(Cc2ccon2)CC1.I. The predicted molar refractivity (Wildman–Crippen MR) is 122 cm³/mol. The number of guanidine groups is 1. The number of benzene rings is 1. The first-order valence-corrected chi connectivity index (χ1v) is 9.92.